The second-order valence-corrected chi connectivity index (χ2v) is 5.15. The third-order valence-corrected chi connectivity index (χ3v) is 2.67. The molecule has 8 heteroatoms. The van der Waals surface area contributed by atoms with E-state index in [-0.39, 0.29) is 17.8 Å². The van der Waals surface area contributed by atoms with Gasteiger partial charge in [0.2, 0.25) is 11.8 Å². The summed E-state index contributed by atoms with van der Waals surface area (Å²) < 4.78 is 0. The topological polar surface area (TPSA) is 163 Å². The molecule has 9 N–H and O–H groups in total. The molecule has 0 aromatic rings. The molecule has 0 aromatic heterocycles. The summed E-state index contributed by atoms with van der Waals surface area (Å²) in [6, 6.07) is -1.40. The molecule has 0 saturated carbocycles. The number of carbonyl (C=O) groups excluding carboxylic acids is 2. The summed E-state index contributed by atoms with van der Waals surface area (Å²) >= 11 is 0. The number of amides is 2. The molecular formula is C12H26N6O2. The van der Waals surface area contributed by atoms with E-state index in [0.717, 1.165) is 0 Å². The maximum Gasteiger partial charge on any atom is 0.240 e. The van der Waals surface area contributed by atoms with Crippen LogP contribution in [0.25, 0.3) is 0 Å². The number of nitrogens with zero attached hydrogens (tertiary/aromatic N) is 1. The highest BCUT2D eigenvalue weighted by Gasteiger charge is 2.22. The smallest absolute Gasteiger partial charge is 0.240 e. The van der Waals surface area contributed by atoms with Crippen LogP contribution in [0.2, 0.25) is 0 Å². The van der Waals surface area contributed by atoms with Crippen molar-refractivity contribution in [1.82, 2.24) is 5.32 Å². The number of nitrogens with one attached hydrogen (secondary N) is 1. The van der Waals surface area contributed by atoms with E-state index in [4.69, 9.17) is 22.9 Å². The Morgan fingerprint density at radius 1 is 1.20 bits per heavy atom. The number of rotatable bonds is 9. The van der Waals surface area contributed by atoms with Crippen LogP contribution in [0, 0.1) is 5.92 Å². The zero-order valence-electron chi connectivity index (χ0n) is 12.1. The fourth-order valence-electron chi connectivity index (χ4n) is 1.65. The molecule has 0 bridgehead atoms. The first-order valence-electron chi connectivity index (χ1n) is 6.64. The van der Waals surface area contributed by atoms with Gasteiger partial charge in [0, 0.05) is 6.54 Å². The van der Waals surface area contributed by atoms with Gasteiger partial charge in [0.25, 0.3) is 0 Å². The normalized spacial score (nSPS) is 13.6. The quantitative estimate of drug-likeness (QED) is 0.195. The predicted octanol–water partition coefficient (Wildman–Crippen LogP) is -1.62. The molecule has 0 aliphatic carbocycles. The van der Waals surface area contributed by atoms with E-state index >= 15 is 0 Å². The van der Waals surface area contributed by atoms with Crippen molar-refractivity contribution in [2.45, 2.75) is 45.2 Å². The Morgan fingerprint density at radius 2 is 1.80 bits per heavy atom. The molecule has 0 rings (SSSR count). The molecule has 2 amide bonds. The van der Waals surface area contributed by atoms with Gasteiger partial charge in [-0.15, -0.1) is 0 Å². The van der Waals surface area contributed by atoms with Crippen molar-refractivity contribution in [3.63, 3.8) is 0 Å². The fourth-order valence-corrected chi connectivity index (χ4v) is 1.65. The molecule has 0 unspecified atom stereocenters. The lowest BCUT2D eigenvalue weighted by Gasteiger charge is -2.19. The molecule has 0 aliphatic rings. The van der Waals surface area contributed by atoms with Crippen molar-refractivity contribution in [3.05, 3.63) is 0 Å². The number of carbonyl (C=O) groups is 2. The van der Waals surface area contributed by atoms with Crippen LogP contribution >= 0.6 is 0 Å². The Morgan fingerprint density at radius 3 is 2.25 bits per heavy atom. The van der Waals surface area contributed by atoms with Crippen LogP contribution in [-0.2, 0) is 9.59 Å². The summed E-state index contributed by atoms with van der Waals surface area (Å²) in [6.45, 7) is 4.29. The highest BCUT2D eigenvalue weighted by molar-refractivity contribution is 5.88. The minimum Gasteiger partial charge on any atom is -0.370 e. The van der Waals surface area contributed by atoms with Crippen LogP contribution in [0.3, 0.4) is 0 Å². The standard InChI is InChI=1S/C12H26N6O2/c1-7(2)6-9(10(14)19)18-11(20)8(13)4-3-5-17-12(15)16/h7-9H,3-6,13H2,1-2H3,(H2,14,19)(H,18,20)(H4,15,16,17)/t8-,9-/m0/s1. The Hall–Kier alpha value is -1.83. The van der Waals surface area contributed by atoms with E-state index in [9.17, 15) is 9.59 Å². The number of hydrogen-bond acceptors (Lipinski definition) is 4. The number of primary amides is 1. The lowest BCUT2D eigenvalue weighted by Crippen LogP contribution is -2.50. The van der Waals surface area contributed by atoms with Gasteiger partial charge in [0.15, 0.2) is 5.96 Å². The van der Waals surface area contributed by atoms with Gasteiger partial charge in [-0.25, -0.2) is 0 Å². The van der Waals surface area contributed by atoms with Gasteiger partial charge < -0.3 is 28.3 Å². The van der Waals surface area contributed by atoms with Gasteiger partial charge in [0.1, 0.15) is 6.04 Å². The lowest BCUT2D eigenvalue weighted by atomic mass is 10.0. The lowest BCUT2D eigenvalue weighted by molar-refractivity contribution is -0.128. The molecule has 0 aromatic carbocycles. The van der Waals surface area contributed by atoms with E-state index in [1.54, 1.807) is 0 Å². The number of aliphatic imine (C=N–C) groups is 1. The number of nitrogens with two attached hydrogens (primary N) is 4. The monoisotopic (exact) mass is 286 g/mol. The van der Waals surface area contributed by atoms with Crippen molar-refractivity contribution in [3.8, 4) is 0 Å². The maximum atomic E-state index is 11.8. The Kier molecular flexibility index (Phi) is 8.30. The van der Waals surface area contributed by atoms with Crippen molar-refractivity contribution < 1.29 is 9.59 Å². The molecule has 2 atom stereocenters. The summed E-state index contributed by atoms with van der Waals surface area (Å²) in [6.07, 6.45) is 1.50. The van der Waals surface area contributed by atoms with Gasteiger partial charge in [-0.1, -0.05) is 13.8 Å². The van der Waals surface area contributed by atoms with Crippen molar-refractivity contribution >= 4 is 17.8 Å². The second-order valence-electron chi connectivity index (χ2n) is 5.15. The highest BCUT2D eigenvalue weighted by Crippen LogP contribution is 2.05. The van der Waals surface area contributed by atoms with Crippen LogP contribution in [0.4, 0.5) is 0 Å². The van der Waals surface area contributed by atoms with Crippen molar-refractivity contribution in [2.75, 3.05) is 6.54 Å². The Bertz CT molecular complexity index is 352. The summed E-state index contributed by atoms with van der Waals surface area (Å²) in [5, 5.41) is 2.57. The molecule has 8 nitrogen and oxygen atoms in total. The van der Waals surface area contributed by atoms with E-state index in [1.807, 2.05) is 13.8 Å². The summed E-state index contributed by atoms with van der Waals surface area (Å²) in [5.74, 6) is -0.696. The van der Waals surface area contributed by atoms with Crippen LogP contribution in [0.5, 0.6) is 0 Å². The maximum absolute atomic E-state index is 11.8. The summed E-state index contributed by atoms with van der Waals surface area (Å²) in [7, 11) is 0. The van der Waals surface area contributed by atoms with Crippen molar-refractivity contribution in [1.29, 1.82) is 0 Å². The molecule has 0 aliphatic heterocycles. The highest BCUT2D eigenvalue weighted by atomic mass is 16.2. The molecular weight excluding hydrogens is 260 g/mol. The zero-order valence-corrected chi connectivity index (χ0v) is 12.1. The number of hydrogen-bond donors (Lipinski definition) is 5. The van der Waals surface area contributed by atoms with E-state index < -0.39 is 18.0 Å². The van der Waals surface area contributed by atoms with Gasteiger partial charge in [0.05, 0.1) is 6.04 Å². The third kappa shape index (κ3) is 8.30. The Labute approximate surface area is 119 Å². The first kappa shape index (κ1) is 18.2. The molecule has 116 valence electrons. The van der Waals surface area contributed by atoms with Gasteiger partial charge in [-0.05, 0) is 25.2 Å². The summed E-state index contributed by atoms with van der Waals surface area (Å²) in [5.41, 5.74) is 21.3. The van der Waals surface area contributed by atoms with Crippen LogP contribution in [-0.4, -0.2) is 36.4 Å². The molecule has 0 heterocycles. The summed E-state index contributed by atoms with van der Waals surface area (Å²) in [4.78, 5) is 26.9. The SMILES string of the molecule is CC(C)C[C@H](NC(=O)[C@@H](N)CCCN=C(N)N)C(N)=O. The van der Waals surface area contributed by atoms with Crippen molar-refractivity contribution in [2.24, 2.45) is 33.8 Å². The Balaban J connectivity index is 4.21. The van der Waals surface area contributed by atoms with E-state index in [0.29, 0.717) is 25.8 Å². The van der Waals surface area contributed by atoms with E-state index in [1.165, 1.54) is 0 Å². The molecule has 0 fully saturated rings. The van der Waals surface area contributed by atoms with Crippen LogP contribution in [0.15, 0.2) is 4.99 Å². The largest absolute Gasteiger partial charge is 0.370 e. The molecule has 0 spiro atoms. The average Bonchev–Trinajstić information content (AvgIpc) is 2.32. The van der Waals surface area contributed by atoms with Gasteiger partial charge in [-0.3, -0.25) is 14.6 Å². The van der Waals surface area contributed by atoms with Crippen LogP contribution < -0.4 is 28.3 Å². The minimum absolute atomic E-state index is 0.00810. The fraction of sp³-hybridized carbons (Fsp3) is 0.750. The first-order valence-corrected chi connectivity index (χ1v) is 6.64. The average molecular weight is 286 g/mol. The van der Waals surface area contributed by atoms with Gasteiger partial charge in [-0.2, -0.15) is 0 Å². The molecule has 0 saturated heterocycles. The zero-order chi connectivity index (χ0) is 15.7. The molecule has 20 heavy (non-hydrogen) atoms. The predicted molar refractivity (Wildman–Crippen MR) is 78.5 cm³/mol. The molecule has 0 radical (unpaired) electrons. The van der Waals surface area contributed by atoms with Gasteiger partial charge >= 0.3 is 0 Å². The van der Waals surface area contributed by atoms with E-state index in [2.05, 4.69) is 10.3 Å². The second kappa shape index (κ2) is 9.13. The number of guanidine groups is 1. The van der Waals surface area contributed by atoms with Crippen LogP contribution in [0.1, 0.15) is 33.1 Å². The first-order chi connectivity index (χ1) is 9.23. The minimum atomic E-state index is -0.710. The third-order valence-electron chi connectivity index (χ3n) is 2.67.